The molecule has 2 rings (SSSR count). The van der Waals surface area contributed by atoms with Crippen molar-refractivity contribution in [2.24, 2.45) is 5.73 Å². The largest absolute Gasteiger partial charge is 0.506 e. The number of hydrogen-bond donors (Lipinski definition) is 2. The lowest BCUT2D eigenvalue weighted by molar-refractivity contribution is 0.0672. The third kappa shape index (κ3) is 2.19. The smallest absolute Gasteiger partial charge is 0.415 e. The Bertz CT molecular complexity index is 436. The number of carbonyl (C=O) groups is 1. The molecule has 1 heterocycles. The van der Waals surface area contributed by atoms with Gasteiger partial charge < -0.3 is 15.6 Å². The van der Waals surface area contributed by atoms with Gasteiger partial charge >= 0.3 is 6.09 Å². The second kappa shape index (κ2) is 4.25. The highest BCUT2D eigenvalue weighted by Crippen LogP contribution is 2.34. The van der Waals surface area contributed by atoms with Crippen molar-refractivity contribution in [1.29, 1.82) is 0 Å². The van der Waals surface area contributed by atoms with Crippen molar-refractivity contribution in [2.45, 2.75) is 18.9 Å². The first-order valence-electron chi connectivity index (χ1n) is 5.54. The first-order chi connectivity index (χ1) is 8.06. The van der Waals surface area contributed by atoms with Gasteiger partial charge in [0.15, 0.2) is 0 Å². The second-order valence-electron chi connectivity index (χ2n) is 4.43. The average molecular weight is 236 g/mol. The Morgan fingerprint density at radius 1 is 1.53 bits per heavy atom. The van der Waals surface area contributed by atoms with Gasteiger partial charge in [-0.1, -0.05) is 12.1 Å². The number of aromatic hydroxyl groups is 1. The van der Waals surface area contributed by atoms with Crippen LogP contribution in [0.4, 0.5) is 10.5 Å². The van der Waals surface area contributed by atoms with Crippen molar-refractivity contribution in [2.75, 3.05) is 18.0 Å². The van der Waals surface area contributed by atoms with Crippen LogP contribution in [0.15, 0.2) is 24.3 Å². The number of phenols is 1. The van der Waals surface area contributed by atoms with Crippen LogP contribution in [0.5, 0.6) is 5.75 Å². The fourth-order valence-corrected chi connectivity index (χ4v) is 2.01. The molecule has 0 spiro atoms. The zero-order valence-electron chi connectivity index (χ0n) is 9.72. The van der Waals surface area contributed by atoms with Gasteiger partial charge in [0.2, 0.25) is 0 Å². The monoisotopic (exact) mass is 236 g/mol. The maximum absolute atomic E-state index is 11.8. The number of carbonyl (C=O) groups excluding carboxylic acids is 1. The summed E-state index contributed by atoms with van der Waals surface area (Å²) in [7, 11) is 0. The Balaban J connectivity index is 2.25. The number of phenolic OH excluding ortho intramolecular Hbond substituents is 1. The lowest BCUT2D eigenvalue weighted by Gasteiger charge is -2.20. The molecule has 92 valence electrons. The minimum absolute atomic E-state index is 0.0708. The lowest BCUT2D eigenvalue weighted by Crippen LogP contribution is -2.33. The van der Waals surface area contributed by atoms with E-state index in [4.69, 9.17) is 10.5 Å². The van der Waals surface area contributed by atoms with Crippen LogP contribution in [0.25, 0.3) is 0 Å². The molecule has 17 heavy (non-hydrogen) atoms. The summed E-state index contributed by atoms with van der Waals surface area (Å²) in [6, 6.07) is 6.70. The van der Waals surface area contributed by atoms with Crippen molar-refractivity contribution in [3.05, 3.63) is 24.3 Å². The van der Waals surface area contributed by atoms with Gasteiger partial charge in [0.05, 0.1) is 12.2 Å². The van der Waals surface area contributed by atoms with E-state index in [1.165, 1.54) is 4.90 Å². The number of nitrogens with two attached hydrogens (primary N) is 1. The summed E-state index contributed by atoms with van der Waals surface area (Å²) in [4.78, 5) is 13.2. The molecule has 5 heteroatoms. The number of benzene rings is 1. The molecular formula is C12H16N2O3. The van der Waals surface area contributed by atoms with Gasteiger partial charge in [-0.05, 0) is 25.6 Å². The minimum Gasteiger partial charge on any atom is -0.506 e. The van der Waals surface area contributed by atoms with Crippen molar-refractivity contribution in [3.8, 4) is 5.75 Å². The van der Waals surface area contributed by atoms with Crippen LogP contribution in [0.3, 0.4) is 0 Å². The molecule has 1 aromatic carbocycles. The van der Waals surface area contributed by atoms with Gasteiger partial charge in [-0.25, -0.2) is 4.79 Å². The number of anilines is 1. The topological polar surface area (TPSA) is 75.8 Å². The summed E-state index contributed by atoms with van der Waals surface area (Å²) in [5, 5.41) is 9.71. The fourth-order valence-electron chi connectivity index (χ4n) is 2.01. The van der Waals surface area contributed by atoms with Gasteiger partial charge in [0, 0.05) is 6.42 Å². The summed E-state index contributed by atoms with van der Waals surface area (Å²) >= 11 is 0. The van der Waals surface area contributed by atoms with E-state index >= 15 is 0 Å². The van der Waals surface area contributed by atoms with Crippen LogP contribution in [0.2, 0.25) is 0 Å². The highest BCUT2D eigenvalue weighted by atomic mass is 16.6. The van der Waals surface area contributed by atoms with E-state index < -0.39 is 11.7 Å². The van der Waals surface area contributed by atoms with Crippen LogP contribution in [-0.2, 0) is 4.74 Å². The number of amides is 1. The van der Waals surface area contributed by atoms with E-state index in [1.54, 1.807) is 24.3 Å². The van der Waals surface area contributed by atoms with Crippen LogP contribution in [0.1, 0.15) is 13.3 Å². The van der Waals surface area contributed by atoms with Crippen molar-refractivity contribution in [1.82, 2.24) is 0 Å². The van der Waals surface area contributed by atoms with Crippen LogP contribution >= 0.6 is 0 Å². The molecule has 0 aromatic heterocycles. The zero-order chi connectivity index (χ0) is 12.5. The molecule has 1 unspecified atom stereocenters. The second-order valence-corrected chi connectivity index (χ2v) is 4.43. The fraction of sp³-hybridized carbons (Fsp3) is 0.417. The summed E-state index contributed by atoms with van der Waals surface area (Å²) < 4.78 is 5.31. The number of ether oxygens (including phenoxy) is 1. The van der Waals surface area contributed by atoms with Crippen molar-refractivity contribution < 1.29 is 14.6 Å². The molecule has 1 aromatic rings. The molecule has 0 radical (unpaired) electrons. The van der Waals surface area contributed by atoms with Gasteiger partial charge in [-0.15, -0.1) is 0 Å². The van der Waals surface area contributed by atoms with Crippen molar-refractivity contribution in [3.63, 3.8) is 0 Å². The molecule has 0 saturated carbocycles. The Kier molecular flexibility index (Phi) is 2.93. The van der Waals surface area contributed by atoms with Gasteiger partial charge in [-0.2, -0.15) is 0 Å². The highest BCUT2D eigenvalue weighted by Gasteiger charge is 2.42. The molecule has 1 atom stereocenters. The maximum atomic E-state index is 11.8. The van der Waals surface area contributed by atoms with E-state index in [9.17, 15) is 9.90 Å². The average Bonchev–Trinajstić information content (AvgIpc) is 2.55. The molecule has 1 saturated heterocycles. The summed E-state index contributed by atoms with van der Waals surface area (Å²) in [6.07, 6.45) is 0.158. The van der Waals surface area contributed by atoms with E-state index in [-0.39, 0.29) is 5.75 Å². The summed E-state index contributed by atoms with van der Waals surface area (Å²) in [6.45, 7) is 2.71. The zero-order valence-corrected chi connectivity index (χ0v) is 9.72. The number of para-hydroxylation sites is 2. The molecule has 1 aliphatic heterocycles. The SMILES string of the molecule is CC1(CCN)CN(c2ccccc2O)C(=O)O1. The summed E-state index contributed by atoms with van der Waals surface area (Å²) in [5.41, 5.74) is 5.39. The Morgan fingerprint density at radius 3 is 2.88 bits per heavy atom. The quantitative estimate of drug-likeness (QED) is 0.833. The van der Waals surface area contributed by atoms with Gasteiger partial charge in [-0.3, -0.25) is 4.90 Å². The van der Waals surface area contributed by atoms with E-state index in [0.29, 0.717) is 25.2 Å². The Labute approximate surface area is 99.8 Å². The Hall–Kier alpha value is -1.75. The van der Waals surface area contributed by atoms with E-state index in [1.807, 2.05) is 6.92 Å². The van der Waals surface area contributed by atoms with Crippen molar-refractivity contribution >= 4 is 11.8 Å². The third-order valence-electron chi connectivity index (χ3n) is 2.89. The molecule has 1 aliphatic rings. The number of rotatable bonds is 3. The molecule has 1 amide bonds. The molecule has 0 bridgehead atoms. The van der Waals surface area contributed by atoms with E-state index in [0.717, 1.165) is 0 Å². The van der Waals surface area contributed by atoms with Crippen LogP contribution in [0, 0.1) is 0 Å². The molecule has 5 nitrogen and oxygen atoms in total. The molecule has 3 N–H and O–H groups in total. The predicted molar refractivity (Wildman–Crippen MR) is 64.0 cm³/mol. The molecular weight excluding hydrogens is 220 g/mol. The number of cyclic esters (lactones) is 1. The standard InChI is InChI=1S/C12H16N2O3/c1-12(6-7-13)8-14(11(16)17-12)9-4-2-3-5-10(9)15/h2-5,15H,6-8,13H2,1H3. The molecule has 1 fully saturated rings. The first-order valence-corrected chi connectivity index (χ1v) is 5.54. The van der Waals surface area contributed by atoms with Crippen LogP contribution < -0.4 is 10.6 Å². The number of nitrogens with zero attached hydrogens (tertiary/aromatic N) is 1. The molecule has 0 aliphatic carbocycles. The highest BCUT2D eigenvalue weighted by molar-refractivity contribution is 5.91. The maximum Gasteiger partial charge on any atom is 0.415 e. The van der Waals surface area contributed by atoms with Crippen LogP contribution in [-0.4, -0.2) is 29.9 Å². The lowest BCUT2D eigenvalue weighted by atomic mass is 10.0. The summed E-state index contributed by atoms with van der Waals surface area (Å²) in [5.74, 6) is 0.0708. The normalized spacial score (nSPS) is 23.9. The van der Waals surface area contributed by atoms with E-state index in [2.05, 4.69) is 0 Å². The Morgan fingerprint density at radius 2 is 2.24 bits per heavy atom. The minimum atomic E-state index is -0.575. The predicted octanol–water partition coefficient (Wildman–Crippen LogP) is 1.46. The van der Waals surface area contributed by atoms with Gasteiger partial charge in [0.1, 0.15) is 11.4 Å². The number of hydrogen-bond acceptors (Lipinski definition) is 4. The first kappa shape index (κ1) is 11.7. The third-order valence-corrected chi connectivity index (χ3v) is 2.89. The van der Waals surface area contributed by atoms with Gasteiger partial charge in [0.25, 0.3) is 0 Å².